The predicted octanol–water partition coefficient (Wildman–Crippen LogP) is 6.52. The smallest absolute Gasteiger partial charge is 0.327 e. The molecule has 1 fully saturated rings. The van der Waals surface area contributed by atoms with E-state index >= 15 is 0 Å². The highest BCUT2D eigenvalue weighted by Crippen LogP contribution is 2.30. The Labute approximate surface area is 305 Å². The van der Waals surface area contributed by atoms with Crippen molar-refractivity contribution < 1.29 is 9.26 Å². The van der Waals surface area contributed by atoms with Gasteiger partial charge in [-0.1, -0.05) is 65.8 Å². The summed E-state index contributed by atoms with van der Waals surface area (Å²) >= 11 is 0. The van der Waals surface area contributed by atoms with Crippen molar-refractivity contribution in [2.45, 2.75) is 45.8 Å². The van der Waals surface area contributed by atoms with Crippen LogP contribution in [0.4, 0.5) is 5.95 Å². The molecule has 0 amide bonds. The van der Waals surface area contributed by atoms with Crippen LogP contribution in [0, 0.1) is 13.8 Å². The topological polar surface area (TPSA) is 146 Å². The van der Waals surface area contributed by atoms with Crippen molar-refractivity contribution in [1.82, 2.24) is 44.0 Å². The highest BCUT2D eigenvalue weighted by molar-refractivity contribution is 5.82. The molecule has 1 aliphatic rings. The molecular weight excluding hydrogens is 669 g/mol. The number of benzene rings is 2. The van der Waals surface area contributed by atoms with Gasteiger partial charge < -0.3 is 19.1 Å². The first-order valence-electron chi connectivity index (χ1n) is 17.7. The molecule has 0 radical (unpaired) electrons. The normalized spacial score (nSPS) is 13.3. The zero-order valence-corrected chi connectivity index (χ0v) is 29.9. The summed E-state index contributed by atoms with van der Waals surface area (Å²) in [5, 5.41) is 11.9. The molecular formula is C40H40N10O3. The van der Waals surface area contributed by atoms with E-state index in [1.54, 1.807) is 21.6 Å². The van der Waals surface area contributed by atoms with Gasteiger partial charge in [-0.3, -0.25) is 14.2 Å². The average molecular weight is 709 g/mol. The van der Waals surface area contributed by atoms with E-state index in [0.717, 1.165) is 94.6 Å². The second-order valence-electron chi connectivity index (χ2n) is 13.2. The van der Waals surface area contributed by atoms with Crippen LogP contribution in [-0.2, 0) is 24.9 Å². The maximum atomic E-state index is 12.3. The van der Waals surface area contributed by atoms with Crippen molar-refractivity contribution in [3.05, 3.63) is 131 Å². The van der Waals surface area contributed by atoms with Gasteiger partial charge in [0, 0.05) is 61.6 Å². The van der Waals surface area contributed by atoms with Crippen LogP contribution in [0.15, 0.2) is 107 Å². The summed E-state index contributed by atoms with van der Waals surface area (Å²) in [4.78, 5) is 29.0. The fourth-order valence-electron chi connectivity index (χ4n) is 6.85. The predicted molar refractivity (Wildman–Crippen MR) is 204 cm³/mol. The molecule has 0 unspecified atom stereocenters. The molecule has 6 aromatic heterocycles. The third-order valence-electron chi connectivity index (χ3n) is 9.59. The Morgan fingerprint density at radius 1 is 0.849 bits per heavy atom. The number of aryl methyl sites for hydroxylation is 3. The molecule has 0 saturated carbocycles. The number of ether oxygens (including phenoxy) is 1. The average Bonchev–Trinajstić information content (AvgIpc) is 3.94. The zero-order chi connectivity index (χ0) is 36.3. The Balaban J connectivity index is 0.000000156. The molecule has 0 spiro atoms. The highest BCUT2D eigenvalue weighted by atomic mass is 16.5. The molecule has 53 heavy (non-hydrogen) atoms. The number of pyridine rings is 2. The minimum absolute atomic E-state index is 0.154. The highest BCUT2D eigenvalue weighted by Gasteiger charge is 2.21. The third-order valence-corrected chi connectivity index (χ3v) is 9.59. The van der Waals surface area contributed by atoms with Gasteiger partial charge in [0.05, 0.1) is 35.5 Å². The van der Waals surface area contributed by atoms with Gasteiger partial charge in [0.15, 0.2) is 11.3 Å². The summed E-state index contributed by atoms with van der Waals surface area (Å²) < 4.78 is 16.6. The number of aromatic nitrogens is 9. The Bertz CT molecular complexity index is 2520. The molecule has 8 aromatic rings. The van der Waals surface area contributed by atoms with E-state index in [1.165, 1.54) is 5.56 Å². The van der Waals surface area contributed by atoms with Crippen LogP contribution in [0.5, 0.6) is 0 Å². The van der Waals surface area contributed by atoms with E-state index in [9.17, 15) is 4.79 Å². The Hall–Kier alpha value is -6.34. The lowest BCUT2D eigenvalue weighted by molar-refractivity contribution is 0.0902. The summed E-state index contributed by atoms with van der Waals surface area (Å²) in [6.45, 7) is 6.68. The monoisotopic (exact) mass is 708 g/mol. The number of fused-ring (bicyclic) bond motifs is 2. The molecule has 1 aliphatic heterocycles. The molecule has 2 aromatic carbocycles. The lowest BCUT2D eigenvalue weighted by Gasteiger charge is -2.24. The van der Waals surface area contributed by atoms with Crippen molar-refractivity contribution in [3.8, 4) is 22.4 Å². The fraction of sp³-hybridized carbons (Fsp3) is 0.250. The van der Waals surface area contributed by atoms with Crippen molar-refractivity contribution in [2.75, 3.05) is 18.5 Å². The molecule has 9 rings (SSSR count). The minimum atomic E-state index is -0.154. The van der Waals surface area contributed by atoms with Crippen LogP contribution in [0.1, 0.15) is 35.4 Å². The Morgan fingerprint density at radius 3 is 2.19 bits per heavy atom. The van der Waals surface area contributed by atoms with Gasteiger partial charge >= 0.3 is 5.69 Å². The van der Waals surface area contributed by atoms with E-state index in [2.05, 4.69) is 65.4 Å². The van der Waals surface area contributed by atoms with Crippen LogP contribution in [0.2, 0.25) is 0 Å². The Kier molecular flexibility index (Phi) is 9.38. The van der Waals surface area contributed by atoms with Crippen LogP contribution >= 0.6 is 0 Å². The lowest BCUT2D eigenvalue weighted by Crippen LogP contribution is -2.29. The fourth-order valence-corrected chi connectivity index (χ4v) is 6.85. The number of nitrogens with zero attached hydrogens (tertiary/aromatic N) is 8. The molecule has 0 aliphatic carbocycles. The number of anilines is 1. The largest absolute Gasteiger partial charge is 0.381 e. The molecule has 13 nitrogen and oxygen atoms in total. The molecule has 2 N–H and O–H groups in total. The number of hydrogen-bond donors (Lipinski definition) is 2. The second kappa shape index (κ2) is 14.7. The first-order chi connectivity index (χ1) is 25.9. The molecule has 13 heteroatoms. The van der Waals surface area contributed by atoms with E-state index in [1.807, 2.05) is 75.6 Å². The number of nitrogens with one attached hydrogen (secondary N) is 2. The number of H-pyrrole nitrogens is 1. The first-order valence-corrected chi connectivity index (χ1v) is 17.7. The Morgan fingerprint density at radius 2 is 1.53 bits per heavy atom. The summed E-state index contributed by atoms with van der Waals surface area (Å²) in [5.74, 6) is 1.65. The molecule has 1 saturated heterocycles. The third kappa shape index (κ3) is 7.11. The van der Waals surface area contributed by atoms with Crippen LogP contribution < -0.4 is 11.0 Å². The van der Waals surface area contributed by atoms with Crippen molar-refractivity contribution >= 4 is 28.3 Å². The van der Waals surface area contributed by atoms with Crippen molar-refractivity contribution in [1.29, 1.82) is 0 Å². The number of hydrogen-bond acceptors (Lipinski definition) is 9. The lowest BCUT2D eigenvalue weighted by atomic mass is 10.1. The second-order valence-corrected chi connectivity index (χ2v) is 13.2. The summed E-state index contributed by atoms with van der Waals surface area (Å²) in [6.07, 6.45) is 7.31. The summed E-state index contributed by atoms with van der Waals surface area (Å²) in [6, 6.07) is 26.7. The van der Waals surface area contributed by atoms with Gasteiger partial charge in [0.2, 0.25) is 5.95 Å². The number of rotatable bonds is 8. The van der Waals surface area contributed by atoms with Gasteiger partial charge in [-0.15, -0.1) is 0 Å². The standard InChI is InChI=1S/C23H25N5O2.C17H15N5O/c1-15-21(16(2)30-27-15)18-12-20-22(24-13-18)26-23(25-19-8-10-29-11-9-19)28(20)14-17-6-4-3-5-7-17;1-21-14(7-8-19-21)13-9-15-16(18-10-13)20-17(23)22(15)11-12-5-3-2-4-6-12/h3-7,12-13,19H,8-11,14H2,1-2H3,(H,24,25,26);2-10H,11H2,1H3,(H,18,20,23). The van der Waals surface area contributed by atoms with Crippen LogP contribution in [0.3, 0.4) is 0 Å². The van der Waals surface area contributed by atoms with Crippen LogP contribution in [-0.4, -0.2) is 63.3 Å². The molecule has 7 heterocycles. The zero-order valence-electron chi connectivity index (χ0n) is 29.9. The maximum absolute atomic E-state index is 12.3. The summed E-state index contributed by atoms with van der Waals surface area (Å²) in [7, 11) is 1.88. The maximum Gasteiger partial charge on any atom is 0.327 e. The van der Waals surface area contributed by atoms with Crippen molar-refractivity contribution in [2.24, 2.45) is 7.05 Å². The van der Waals surface area contributed by atoms with Gasteiger partial charge in [0.25, 0.3) is 0 Å². The minimum Gasteiger partial charge on any atom is -0.381 e. The van der Waals surface area contributed by atoms with E-state index in [0.29, 0.717) is 18.2 Å². The molecule has 0 atom stereocenters. The SMILES string of the molecule is Cc1noc(C)c1-c1cnc2nc(NC3CCOCC3)n(Cc3ccccc3)c2c1.Cn1nccc1-c1cnc2[nH]c(=O)n(Cc3ccccc3)c2c1. The van der Waals surface area contributed by atoms with Gasteiger partial charge in [-0.05, 0) is 56.0 Å². The van der Waals surface area contributed by atoms with E-state index < -0.39 is 0 Å². The van der Waals surface area contributed by atoms with E-state index in [-0.39, 0.29) is 5.69 Å². The number of aromatic amines is 1. The first kappa shape index (κ1) is 33.8. The molecule has 268 valence electrons. The van der Waals surface area contributed by atoms with Crippen LogP contribution in [0.25, 0.3) is 44.7 Å². The quantitative estimate of drug-likeness (QED) is 0.180. The van der Waals surface area contributed by atoms with E-state index in [4.69, 9.17) is 14.2 Å². The summed E-state index contributed by atoms with van der Waals surface area (Å²) in [5.41, 5.74) is 9.98. The molecule has 0 bridgehead atoms. The van der Waals surface area contributed by atoms with Crippen molar-refractivity contribution in [3.63, 3.8) is 0 Å². The number of imidazole rings is 2. The van der Waals surface area contributed by atoms with Gasteiger partial charge in [0.1, 0.15) is 5.76 Å². The van der Waals surface area contributed by atoms with Gasteiger partial charge in [-0.25, -0.2) is 14.8 Å². The van der Waals surface area contributed by atoms with Gasteiger partial charge in [-0.2, -0.15) is 10.1 Å².